The highest BCUT2D eigenvalue weighted by Gasteiger charge is 2.32. The van der Waals surface area contributed by atoms with Crippen molar-refractivity contribution in [3.63, 3.8) is 0 Å². The number of thioether (sulfide) groups is 1. The predicted molar refractivity (Wildman–Crippen MR) is 55.4 cm³/mol. The Bertz CT molecular complexity index is 206. The number of nitrogens with two attached hydrogens (primary N) is 1. The van der Waals surface area contributed by atoms with Crippen molar-refractivity contribution >= 4 is 22.8 Å². The number of rotatable bonds is 5. The molecule has 3 nitrogen and oxygen atoms in total. The SMILES string of the molecule is CCCCC(C)(SC(C)=O)C(N)=O. The average Bonchev–Trinajstić information content (AvgIpc) is 1.99. The molecule has 0 aliphatic carbocycles. The van der Waals surface area contributed by atoms with Crippen molar-refractivity contribution in [2.75, 3.05) is 0 Å². The number of primary amides is 1. The van der Waals surface area contributed by atoms with Gasteiger partial charge < -0.3 is 5.73 Å². The van der Waals surface area contributed by atoms with Gasteiger partial charge in [0.2, 0.25) is 5.91 Å². The Balaban J connectivity index is 4.34. The Hall–Kier alpha value is -0.510. The molecule has 76 valence electrons. The Morgan fingerprint density at radius 3 is 2.31 bits per heavy atom. The van der Waals surface area contributed by atoms with Crippen molar-refractivity contribution in [1.82, 2.24) is 0 Å². The molecule has 0 aromatic rings. The van der Waals surface area contributed by atoms with Crippen molar-refractivity contribution in [3.05, 3.63) is 0 Å². The molecule has 0 radical (unpaired) electrons. The molecule has 0 saturated carbocycles. The molecule has 0 aromatic carbocycles. The highest BCUT2D eigenvalue weighted by Crippen LogP contribution is 2.30. The van der Waals surface area contributed by atoms with Gasteiger partial charge in [-0.25, -0.2) is 0 Å². The Morgan fingerprint density at radius 2 is 2.00 bits per heavy atom. The third kappa shape index (κ3) is 4.31. The molecule has 2 N–H and O–H groups in total. The minimum Gasteiger partial charge on any atom is -0.368 e. The molecule has 0 aromatic heterocycles. The quantitative estimate of drug-likeness (QED) is 0.739. The summed E-state index contributed by atoms with van der Waals surface area (Å²) in [7, 11) is 0. The molecule has 13 heavy (non-hydrogen) atoms. The summed E-state index contributed by atoms with van der Waals surface area (Å²) in [6.07, 6.45) is 2.59. The van der Waals surface area contributed by atoms with E-state index in [0.717, 1.165) is 24.6 Å². The van der Waals surface area contributed by atoms with E-state index in [1.165, 1.54) is 6.92 Å². The van der Waals surface area contributed by atoms with Crippen LogP contribution in [0, 0.1) is 0 Å². The molecule has 0 heterocycles. The van der Waals surface area contributed by atoms with E-state index in [1.54, 1.807) is 6.92 Å². The molecule has 1 atom stereocenters. The van der Waals surface area contributed by atoms with E-state index in [1.807, 2.05) is 6.92 Å². The Kier molecular flexibility index (Phi) is 5.06. The fourth-order valence-electron chi connectivity index (χ4n) is 1.06. The lowest BCUT2D eigenvalue weighted by Gasteiger charge is -2.23. The first-order chi connectivity index (χ1) is 5.92. The lowest BCUT2D eigenvalue weighted by molar-refractivity contribution is -0.120. The summed E-state index contributed by atoms with van der Waals surface area (Å²) in [5.74, 6) is -0.402. The molecule has 4 heteroatoms. The normalized spacial score (nSPS) is 15.0. The van der Waals surface area contributed by atoms with Crippen molar-refractivity contribution in [1.29, 1.82) is 0 Å². The van der Waals surface area contributed by atoms with Crippen LogP contribution in [-0.2, 0) is 9.59 Å². The highest BCUT2D eigenvalue weighted by atomic mass is 32.2. The molecular formula is C9H17NO2S. The van der Waals surface area contributed by atoms with Crippen LogP contribution in [0.15, 0.2) is 0 Å². The lowest BCUT2D eigenvalue weighted by Crippen LogP contribution is -2.38. The van der Waals surface area contributed by atoms with Crippen LogP contribution in [0.5, 0.6) is 0 Å². The maximum Gasteiger partial charge on any atom is 0.233 e. The Morgan fingerprint density at radius 1 is 1.46 bits per heavy atom. The molecular weight excluding hydrogens is 186 g/mol. The first-order valence-corrected chi connectivity index (χ1v) is 5.23. The van der Waals surface area contributed by atoms with E-state index in [9.17, 15) is 9.59 Å². The predicted octanol–water partition coefficient (Wildman–Crippen LogP) is 1.70. The lowest BCUT2D eigenvalue weighted by atomic mass is 10.0. The van der Waals surface area contributed by atoms with Gasteiger partial charge in [0.05, 0.1) is 4.75 Å². The minimum atomic E-state index is -0.720. The number of carbonyl (C=O) groups is 2. The smallest absolute Gasteiger partial charge is 0.233 e. The second-order valence-electron chi connectivity index (χ2n) is 3.29. The molecule has 0 saturated heterocycles. The molecule has 0 bridgehead atoms. The van der Waals surface area contributed by atoms with Crippen molar-refractivity contribution in [3.8, 4) is 0 Å². The third-order valence-corrected chi connectivity index (χ3v) is 3.04. The molecule has 0 rings (SSSR count). The van der Waals surface area contributed by atoms with Gasteiger partial charge in [-0.15, -0.1) is 0 Å². The second-order valence-corrected chi connectivity index (χ2v) is 4.97. The number of unbranched alkanes of at least 4 members (excludes halogenated alkanes) is 1. The average molecular weight is 203 g/mol. The summed E-state index contributed by atoms with van der Waals surface area (Å²) in [6, 6.07) is 0. The van der Waals surface area contributed by atoms with E-state index in [2.05, 4.69) is 0 Å². The molecule has 1 unspecified atom stereocenters. The van der Waals surface area contributed by atoms with Gasteiger partial charge in [-0.2, -0.15) is 0 Å². The highest BCUT2D eigenvalue weighted by molar-refractivity contribution is 8.15. The third-order valence-electron chi connectivity index (χ3n) is 1.90. The van der Waals surface area contributed by atoms with Gasteiger partial charge in [-0.1, -0.05) is 31.5 Å². The van der Waals surface area contributed by atoms with Gasteiger partial charge in [0.1, 0.15) is 0 Å². The zero-order valence-corrected chi connectivity index (χ0v) is 9.24. The van der Waals surface area contributed by atoms with Gasteiger partial charge >= 0.3 is 0 Å². The summed E-state index contributed by atoms with van der Waals surface area (Å²) < 4.78 is -0.720. The van der Waals surface area contributed by atoms with Crippen LogP contribution >= 0.6 is 11.8 Å². The van der Waals surface area contributed by atoms with Crippen LogP contribution in [0.2, 0.25) is 0 Å². The van der Waals surface area contributed by atoms with Crippen LogP contribution < -0.4 is 5.73 Å². The van der Waals surface area contributed by atoms with E-state index in [4.69, 9.17) is 5.73 Å². The van der Waals surface area contributed by atoms with Gasteiger partial charge in [0, 0.05) is 6.92 Å². The summed E-state index contributed by atoms with van der Waals surface area (Å²) in [5, 5.41) is -0.0580. The Labute approximate surface area is 83.4 Å². The molecule has 0 spiro atoms. The zero-order valence-electron chi connectivity index (χ0n) is 8.42. The van der Waals surface area contributed by atoms with Gasteiger partial charge in [-0.3, -0.25) is 9.59 Å². The van der Waals surface area contributed by atoms with Crippen molar-refractivity contribution < 1.29 is 9.59 Å². The van der Waals surface area contributed by atoms with E-state index >= 15 is 0 Å². The van der Waals surface area contributed by atoms with E-state index in [-0.39, 0.29) is 5.12 Å². The maximum absolute atomic E-state index is 11.1. The minimum absolute atomic E-state index is 0.0580. The monoisotopic (exact) mass is 203 g/mol. The summed E-state index contributed by atoms with van der Waals surface area (Å²) in [5.41, 5.74) is 5.25. The van der Waals surface area contributed by atoms with E-state index in [0.29, 0.717) is 6.42 Å². The topological polar surface area (TPSA) is 60.2 Å². The number of carbonyl (C=O) groups excluding carboxylic acids is 2. The van der Waals surface area contributed by atoms with Crippen LogP contribution in [0.1, 0.15) is 40.0 Å². The second kappa shape index (κ2) is 5.27. The molecule has 1 amide bonds. The summed E-state index contributed by atoms with van der Waals surface area (Å²) in [6.45, 7) is 5.23. The maximum atomic E-state index is 11.1. The molecule has 0 fully saturated rings. The summed E-state index contributed by atoms with van der Waals surface area (Å²) in [4.78, 5) is 22.0. The van der Waals surface area contributed by atoms with Crippen molar-refractivity contribution in [2.24, 2.45) is 5.73 Å². The zero-order chi connectivity index (χ0) is 10.5. The largest absolute Gasteiger partial charge is 0.368 e. The first kappa shape index (κ1) is 12.5. The van der Waals surface area contributed by atoms with Gasteiger partial charge in [0.15, 0.2) is 5.12 Å². The summed E-state index contributed by atoms with van der Waals surface area (Å²) >= 11 is 1.04. The first-order valence-electron chi connectivity index (χ1n) is 4.42. The fourth-order valence-corrected chi connectivity index (χ4v) is 2.04. The molecule has 0 aliphatic heterocycles. The van der Waals surface area contributed by atoms with Gasteiger partial charge in [-0.05, 0) is 13.3 Å². The number of hydrogen-bond acceptors (Lipinski definition) is 3. The number of hydrogen-bond donors (Lipinski definition) is 1. The molecule has 0 aliphatic rings. The fraction of sp³-hybridized carbons (Fsp3) is 0.778. The van der Waals surface area contributed by atoms with Crippen LogP contribution in [0.4, 0.5) is 0 Å². The van der Waals surface area contributed by atoms with Crippen LogP contribution in [0.3, 0.4) is 0 Å². The van der Waals surface area contributed by atoms with E-state index < -0.39 is 10.7 Å². The van der Waals surface area contributed by atoms with Crippen LogP contribution in [-0.4, -0.2) is 15.8 Å². The standard InChI is InChI=1S/C9H17NO2S/c1-4-5-6-9(3,8(10)12)13-7(2)11/h4-6H2,1-3H3,(H2,10,12). The number of amides is 1. The van der Waals surface area contributed by atoms with Crippen LogP contribution in [0.25, 0.3) is 0 Å². The van der Waals surface area contributed by atoms with Gasteiger partial charge in [0.25, 0.3) is 0 Å². The van der Waals surface area contributed by atoms with Crippen molar-refractivity contribution in [2.45, 2.75) is 44.8 Å².